The topological polar surface area (TPSA) is 65.2 Å². The fourth-order valence-corrected chi connectivity index (χ4v) is 2.11. The highest BCUT2D eigenvalue weighted by molar-refractivity contribution is 7.07. The van der Waals surface area contributed by atoms with Crippen LogP contribution in [0.1, 0.15) is 18.2 Å². The van der Waals surface area contributed by atoms with Gasteiger partial charge in [-0.05, 0) is 6.42 Å². The number of carbonyl (C=O) groups excluding carboxylic acids is 1. The molecule has 5 heteroatoms. The van der Waals surface area contributed by atoms with Gasteiger partial charge in [0.1, 0.15) is 6.10 Å². The van der Waals surface area contributed by atoms with Crippen LogP contribution in [-0.2, 0) is 9.53 Å². The predicted molar refractivity (Wildman–Crippen MR) is 48.1 cm³/mol. The molecule has 2 heterocycles. The van der Waals surface area contributed by atoms with Crippen LogP contribution in [0.5, 0.6) is 0 Å². The second kappa shape index (κ2) is 3.43. The third-order valence-electron chi connectivity index (χ3n) is 2.20. The maximum atomic E-state index is 11.0. The Bertz CT molecular complexity index is 299. The van der Waals surface area contributed by atoms with Crippen molar-refractivity contribution < 1.29 is 9.53 Å². The zero-order valence-corrected chi connectivity index (χ0v) is 7.79. The number of hydrogen-bond donors (Lipinski definition) is 1. The molecule has 1 aliphatic heterocycles. The van der Waals surface area contributed by atoms with Crippen LogP contribution in [0, 0.1) is 5.92 Å². The summed E-state index contributed by atoms with van der Waals surface area (Å²) >= 11 is 1.50. The van der Waals surface area contributed by atoms with E-state index >= 15 is 0 Å². The summed E-state index contributed by atoms with van der Waals surface area (Å²) in [5, 5.41) is 1.89. The summed E-state index contributed by atoms with van der Waals surface area (Å²) in [7, 11) is 0. The van der Waals surface area contributed by atoms with Crippen LogP contribution in [0.3, 0.4) is 0 Å². The molecule has 4 nitrogen and oxygen atoms in total. The van der Waals surface area contributed by atoms with Gasteiger partial charge in [-0.15, -0.1) is 11.3 Å². The van der Waals surface area contributed by atoms with Crippen molar-refractivity contribution in [1.82, 2.24) is 4.98 Å². The van der Waals surface area contributed by atoms with Crippen molar-refractivity contribution in [3.63, 3.8) is 0 Å². The van der Waals surface area contributed by atoms with Crippen molar-refractivity contribution >= 4 is 17.2 Å². The van der Waals surface area contributed by atoms with Crippen LogP contribution < -0.4 is 5.73 Å². The first-order chi connectivity index (χ1) is 6.29. The first-order valence-corrected chi connectivity index (χ1v) is 5.02. The molecule has 2 atom stereocenters. The van der Waals surface area contributed by atoms with Gasteiger partial charge in [-0.25, -0.2) is 4.98 Å². The number of hydrogen-bond acceptors (Lipinski definition) is 4. The van der Waals surface area contributed by atoms with Crippen LogP contribution in [0.25, 0.3) is 0 Å². The normalized spacial score (nSPS) is 27.7. The monoisotopic (exact) mass is 198 g/mol. The van der Waals surface area contributed by atoms with Gasteiger partial charge < -0.3 is 10.5 Å². The Labute approximate surface area is 79.7 Å². The molecule has 1 aromatic rings. The van der Waals surface area contributed by atoms with E-state index in [0.29, 0.717) is 13.0 Å². The molecule has 0 bridgehead atoms. The molecule has 1 saturated heterocycles. The molecule has 0 radical (unpaired) electrons. The Hall–Kier alpha value is -0.940. The lowest BCUT2D eigenvalue weighted by Crippen LogP contribution is -2.25. The Morgan fingerprint density at radius 2 is 2.62 bits per heavy atom. The van der Waals surface area contributed by atoms with Crippen LogP contribution in [0.4, 0.5) is 0 Å². The molecule has 1 fully saturated rings. The number of rotatable bonds is 2. The van der Waals surface area contributed by atoms with Crippen LogP contribution in [-0.4, -0.2) is 17.5 Å². The second-order valence-corrected chi connectivity index (χ2v) is 3.72. The molecule has 2 rings (SSSR count). The number of carbonyl (C=O) groups is 1. The molecular weight excluding hydrogens is 188 g/mol. The Morgan fingerprint density at radius 1 is 1.77 bits per heavy atom. The Balaban J connectivity index is 2.19. The van der Waals surface area contributed by atoms with E-state index in [-0.39, 0.29) is 17.9 Å². The zero-order chi connectivity index (χ0) is 9.26. The van der Waals surface area contributed by atoms with Gasteiger partial charge in [-0.1, -0.05) is 0 Å². The fraction of sp³-hybridized carbons (Fsp3) is 0.500. The molecule has 0 unspecified atom stereocenters. The number of nitrogens with two attached hydrogens (primary N) is 1. The highest BCUT2D eigenvalue weighted by Crippen LogP contribution is 2.33. The van der Waals surface area contributed by atoms with Gasteiger partial charge in [0.15, 0.2) is 0 Å². The van der Waals surface area contributed by atoms with E-state index in [1.165, 1.54) is 11.3 Å². The van der Waals surface area contributed by atoms with Gasteiger partial charge in [-0.3, -0.25) is 4.79 Å². The summed E-state index contributed by atoms with van der Waals surface area (Å²) < 4.78 is 5.41. The van der Waals surface area contributed by atoms with E-state index < -0.39 is 0 Å². The van der Waals surface area contributed by atoms with Gasteiger partial charge >= 0.3 is 0 Å². The first-order valence-electron chi connectivity index (χ1n) is 4.08. The lowest BCUT2D eigenvalue weighted by molar-refractivity contribution is -0.123. The summed E-state index contributed by atoms with van der Waals surface area (Å²) in [6.45, 7) is 0.593. The van der Waals surface area contributed by atoms with Crippen molar-refractivity contribution in [3.05, 3.63) is 16.6 Å². The first kappa shape index (κ1) is 8.65. The van der Waals surface area contributed by atoms with Crippen molar-refractivity contribution in [1.29, 1.82) is 0 Å². The summed E-state index contributed by atoms with van der Waals surface area (Å²) in [4.78, 5) is 15.1. The predicted octanol–water partition coefficient (Wildman–Crippen LogP) is 0.706. The zero-order valence-electron chi connectivity index (χ0n) is 6.97. The van der Waals surface area contributed by atoms with Gasteiger partial charge in [0, 0.05) is 12.0 Å². The summed E-state index contributed by atoms with van der Waals surface area (Å²) in [5.41, 5.74) is 7.81. The molecule has 13 heavy (non-hydrogen) atoms. The molecule has 0 saturated carbocycles. The minimum atomic E-state index is -0.296. The molecule has 70 valence electrons. The smallest absolute Gasteiger partial charge is 0.223 e. The number of primary amides is 1. The number of thiazole rings is 1. The van der Waals surface area contributed by atoms with Crippen LogP contribution in [0.2, 0.25) is 0 Å². The molecular formula is C8H10N2O2S. The highest BCUT2D eigenvalue weighted by atomic mass is 32.1. The molecule has 1 amide bonds. The minimum absolute atomic E-state index is 0.206. The van der Waals surface area contributed by atoms with Crippen LogP contribution in [0.15, 0.2) is 10.9 Å². The lowest BCUT2D eigenvalue weighted by atomic mass is 9.99. The number of nitrogens with zero attached hydrogens (tertiary/aromatic N) is 1. The van der Waals surface area contributed by atoms with E-state index in [4.69, 9.17) is 10.5 Å². The summed E-state index contributed by atoms with van der Waals surface area (Å²) in [6, 6.07) is 0. The number of aromatic nitrogens is 1. The van der Waals surface area contributed by atoms with Gasteiger partial charge in [0.05, 0.1) is 17.1 Å². The molecule has 2 N–H and O–H groups in total. The summed E-state index contributed by atoms with van der Waals surface area (Å²) in [5.74, 6) is -0.502. The molecule has 0 aromatic carbocycles. The fourth-order valence-electron chi connectivity index (χ4n) is 1.53. The van der Waals surface area contributed by atoms with Gasteiger partial charge in [0.25, 0.3) is 0 Å². The van der Waals surface area contributed by atoms with E-state index in [1.807, 2.05) is 5.38 Å². The second-order valence-electron chi connectivity index (χ2n) is 3.00. The third kappa shape index (κ3) is 1.57. The van der Waals surface area contributed by atoms with Gasteiger partial charge in [0.2, 0.25) is 5.91 Å². The largest absolute Gasteiger partial charge is 0.371 e. The number of ether oxygens (including phenoxy) is 1. The van der Waals surface area contributed by atoms with E-state index in [0.717, 1.165) is 5.69 Å². The molecule has 0 spiro atoms. The average molecular weight is 198 g/mol. The third-order valence-corrected chi connectivity index (χ3v) is 2.80. The number of amides is 1. The Kier molecular flexibility index (Phi) is 2.28. The van der Waals surface area contributed by atoms with E-state index in [9.17, 15) is 4.79 Å². The van der Waals surface area contributed by atoms with Crippen molar-refractivity contribution in [2.45, 2.75) is 12.5 Å². The average Bonchev–Trinajstić information content (AvgIpc) is 2.74. The quantitative estimate of drug-likeness (QED) is 0.761. The van der Waals surface area contributed by atoms with Crippen LogP contribution >= 0.6 is 11.3 Å². The van der Waals surface area contributed by atoms with Gasteiger partial charge in [-0.2, -0.15) is 0 Å². The molecule has 1 aliphatic rings. The molecule has 0 aliphatic carbocycles. The SMILES string of the molecule is NC(=O)[C@H]1CCO[C@@H]1c1cscn1. The standard InChI is InChI=1S/C8H10N2O2S/c9-8(11)5-1-2-12-7(5)6-3-13-4-10-6/h3-5,7H,1-2H2,(H2,9,11)/t5-,7-/m0/s1. The van der Waals surface area contributed by atoms with E-state index in [2.05, 4.69) is 4.98 Å². The molecule has 1 aromatic heterocycles. The lowest BCUT2D eigenvalue weighted by Gasteiger charge is -2.12. The minimum Gasteiger partial charge on any atom is -0.371 e. The summed E-state index contributed by atoms with van der Waals surface area (Å²) in [6.07, 6.45) is 0.487. The van der Waals surface area contributed by atoms with E-state index in [1.54, 1.807) is 5.51 Å². The van der Waals surface area contributed by atoms with Crippen molar-refractivity contribution in [2.75, 3.05) is 6.61 Å². The van der Waals surface area contributed by atoms with Crippen molar-refractivity contribution in [3.8, 4) is 0 Å². The maximum absolute atomic E-state index is 11.0. The maximum Gasteiger partial charge on any atom is 0.223 e. The van der Waals surface area contributed by atoms with Crippen molar-refractivity contribution in [2.24, 2.45) is 11.7 Å². The highest BCUT2D eigenvalue weighted by Gasteiger charge is 2.34. The Morgan fingerprint density at radius 3 is 3.23 bits per heavy atom.